The molecule has 2 aromatic heterocycles. The highest BCUT2D eigenvalue weighted by Crippen LogP contribution is 2.30. The number of hydroxylamine groups is 2. The van der Waals surface area contributed by atoms with E-state index in [4.69, 9.17) is 4.84 Å². The number of benzene rings is 1. The van der Waals surface area contributed by atoms with E-state index in [0.717, 1.165) is 11.3 Å². The lowest BCUT2D eigenvalue weighted by Crippen LogP contribution is -2.32. The summed E-state index contributed by atoms with van der Waals surface area (Å²) in [7, 11) is 1.54. The molecule has 0 radical (unpaired) electrons. The van der Waals surface area contributed by atoms with Gasteiger partial charge in [0, 0.05) is 7.05 Å². The second-order valence-corrected chi connectivity index (χ2v) is 7.78. The summed E-state index contributed by atoms with van der Waals surface area (Å²) in [6.07, 6.45) is 0. The number of imide groups is 1. The number of thiazole rings is 1. The summed E-state index contributed by atoms with van der Waals surface area (Å²) in [6.45, 7) is 5.12. The minimum Gasteiger partial charge on any atom is -0.323 e. The molecular formula is C20H16N4O5S. The summed E-state index contributed by atoms with van der Waals surface area (Å²) in [4.78, 5) is 59.7. The first kappa shape index (κ1) is 19.6. The number of nitrogens with zero attached hydrogens (tertiary/aromatic N) is 4. The van der Waals surface area contributed by atoms with Crippen LogP contribution in [0, 0.1) is 20.8 Å². The first-order chi connectivity index (χ1) is 14.2. The molecule has 0 unspecified atom stereocenters. The number of aromatic nitrogens is 3. The van der Waals surface area contributed by atoms with Crippen LogP contribution < -0.4 is 5.56 Å². The molecule has 0 atom stereocenters. The highest BCUT2D eigenvalue weighted by Gasteiger charge is 2.39. The fraction of sp³-hybridized carbons (Fsp3) is 0.200. The molecule has 0 saturated carbocycles. The van der Waals surface area contributed by atoms with E-state index in [2.05, 4.69) is 10.1 Å². The van der Waals surface area contributed by atoms with Crippen molar-refractivity contribution in [3.05, 3.63) is 67.6 Å². The van der Waals surface area contributed by atoms with Gasteiger partial charge in [-0.15, -0.1) is 11.3 Å². The lowest BCUT2D eigenvalue weighted by Gasteiger charge is -2.11. The SMILES string of the molecule is Cc1nc(-c2c(C)c(C)nn(C)c2=O)sc1C(=O)ON1C(=O)c2ccccc2C1=O. The Bertz CT molecular complexity index is 1270. The third-order valence-electron chi connectivity index (χ3n) is 4.85. The lowest BCUT2D eigenvalue weighted by molar-refractivity contribution is -0.0581. The molecule has 1 aliphatic heterocycles. The molecule has 3 heterocycles. The van der Waals surface area contributed by atoms with Gasteiger partial charge in [-0.3, -0.25) is 14.4 Å². The molecule has 152 valence electrons. The van der Waals surface area contributed by atoms with Crippen LogP contribution in [0.2, 0.25) is 0 Å². The standard InChI is InChI=1S/C20H16N4O5S/c1-9-10(2)22-23(4)19(27)14(9)16-21-11(3)15(30-16)20(28)29-24-17(25)12-7-5-6-8-13(12)18(24)26/h5-8H,1-4H3. The second-order valence-electron chi connectivity index (χ2n) is 6.78. The van der Waals surface area contributed by atoms with Crippen molar-refractivity contribution in [1.29, 1.82) is 0 Å². The Morgan fingerprint density at radius 1 is 1.00 bits per heavy atom. The molecule has 0 saturated heterocycles. The Labute approximate surface area is 174 Å². The fourth-order valence-electron chi connectivity index (χ4n) is 3.17. The summed E-state index contributed by atoms with van der Waals surface area (Å²) in [6, 6.07) is 6.22. The van der Waals surface area contributed by atoms with E-state index in [1.165, 1.54) is 23.9 Å². The molecule has 1 aromatic carbocycles. The Balaban J connectivity index is 1.67. The lowest BCUT2D eigenvalue weighted by atomic mass is 10.1. The number of carbonyl (C=O) groups is 3. The maximum atomic E-state index is 12.7. The third-order valence-corrected chi connectivity index (χ3v) is 6.01. The third kappa shape index (κ3) is 2.92. The van der Waals surface area contributed by atoms with Crippen molar-refractivity contribution in [1.82, 2.24) is 19.8 Å². The van der Waals surface area contributed by atoms with E-state index in [1.807, 2.05) is 0 Å². The number of hydrogen-bond acceptors (Lipinski definition) is 8. The van der Waals surface area contributed by atoms with Crippen LogP contribution >= 0.6 is 11.3 Å². The van der Waals surface area contributed by atoms with Crippen LogP contribution in [-0.2, 0) is 11.9 Å². The zero-order valence-corrected chi connectivity index (χ0v) is 17.4. The van der Waals surface area contributed by atoms with Gasteiger partial charge in [-0.1, -0.05) is 17.2 Å². The molecule has 0 spiro atoms. The number of carbonyl (C=O) groups excluding carboxylic acids is 3. The number of rotatable bonds is 3. The molecule has 0 N–H and O–H groups in total. The van der Waals surface area contributed by atoms with Crippen molar-refractivity contribution in [2.45, 2.75) is 20.8 Å². The van der Waals surface area contributed by atoms with Gasteiger partial charge in [0.1, 0.15) is 9.88 Å². The predicted octanol–water partition coefficient (Wildman–Crippen LogP) is 2.20. The smallest absolute Gasteiger partial charge is 0.323 e. The molecule has 4 rings (SSSR count). The van der Waals surface area contributed by atoms with Gasteiger partial charge in [-0.05, 0) is 38.5 Å². The van der Waals surface area contributed by atoms with Gasteiger partial charge < -0.3 is 4.84 Å². The molecule has 1 aliphatic rings. The summed E-state index contributed by atoms with van der Waals surface area (Å²) in [5.74, 6) is -2.31. The summed E-state index contributed by atoms with van der Waals surface area (Å²) in [5.41, 5.74) is 1.99. The molecule has 2 amide bonds. The number of fused-ring (bicyclic) bond motifs is 1. The van der Waals surface area contributed by atoms with Gasteiger partial charge in [0.05, 0.1) is 28.1 Å². The van der Waals surface area contributed by atoms with Crippen LogP contribution in [0.25, 0.3) is 10.6 Å². The van der Waals surface area contributed by atoms with Crippen molar-refractivity contribution in [3.63, 3.8) is 0 Å². The van der Waals surface area contributed by atoms with E-state index >= 15 is 0 Å². The molecule has 30 heavy (non-hydrogen) atoms. The van der Waals surface area contributed by atoms with Crippen LogP contribution in [0.15, 0.2) is 29.1 Å². The Kier molecular flexibility index (Phi) is 4.58. The first-order valence-corrected chi connectivity index (χ1v) is 9.74. The predicted molar refractivity (Wildman–Crippen MR) is 107 cm³/mol. The highest BCUT2D eigenvalue weighted by molar-refractivity contribution is 7.17. The molecule has 10 heteroatoms. The Hall–Kier alpha value is -3.66. The molecule has 3 aromatic rings. The van der Waals surface area contributed by atoms with Crippen molar-refractivity contribution >= 4 is 29.1 Å². The Morgan fingerprint density at radius 2 is 1.60 bits per heavy atom. The van der Waals surface area contributed by atoms with Crippen molar-refractivity contribution in [2.75, 3.05) is 0 Å². The van der Waals surface area contributed by atoms with Crippen molar-refractivity contribution in [3.8, 4) is 10.6 Å². The van der Waals surface area contributed by atoms with Gasteiger partial charge in [0.15, 0.2) is 0 Å². The van der Waals surface area contributed by atoms with Crippen LogP contribution in [0.5, 0.6) is 0 Å². The number of amides is 2. The van der Waals surface area contributed by atoms with Gasteiger partial charge in [0.2, 0.25) is 0 Å². The highest BCUT2D eigenvalue weighted by atomic mass is 32.1. The average Bonchev–Trinajstić information content (AvgIpc) is 3.20. The zero-order chi connectivity index (χ0) is 21.7. The first-order valence-electron chi connectivity index (χ1n) is 8.93. The largest absolute Gasteiger partial charge is 0.375 e. The second kappa shape index (κ2) is 6.99. The van der Waals surface area contributed by atoms with E-state index < -0.39 is 17.8 Å². The molecule has 0 aliphatic carbocycles. The van der Waals surface area contributed by atoms with E-state index in [0.29, 0.717) is 32.6 Å². The average molecular weight is 424 g/mol. The van der Waals surface area contributed by atoms with Crippen molar-refractivity contribution in [2.24, 2.45) is 7.05 Å². The van der Waals surface area contributed by atoms with E-state index in [9.17, 15) is 19.2 Å². The maximum absolute atomic E-state index is 12.7. The zero-order valence-electron chi connectivity index (χ0n) is 16.5. The topological polar surface area (TPSA) is 111 Å². The number of hydrogen-bond donors (Lipinski definition) is 0. The van der Waals surface area contributed by atoms with Gasteiger partial charge in [0.25, 0.3) is 17.4 Å². The van der Waals surface area contributed by atoms with E-state index in [1.54, 1.807) is 32.9 Å². The van der Waals surface area contributed by atoms with Gasteiger partial charge in [-0.2, -0.15) is 5.10 Å². The maximum Gasteiger partial charge on any atom is 0.375 e. The van der Waals surface area contributed by atoms with Crippen LogP contribution in [0.3, 0.4) is 0 Å². The molecule has 0 bridgehead atoms. The molecule has 9 nitrogen and oxygen atoms in total. The molecular weight excluding hydrogens is 408 g/mol. The van der Waals surface area contributed by atoms with Gasteiger partial charge in [-0.25, -0.2) is 14.5 Å². The fourth-order valence-corrected chi connectivity index (χ4v) is 4.20. The van der Waals surface area contributed by atoms with Crippen molar-refractivity contribution < 1.29 is 19.2 Å². The summed E-state index contributed by atoms with van der Waals surface area (Å²) >= 11 is 0.960. The minimum atomic E-state index is -0.897. The van der Waals surface area contributed by atoms with Gasteiger partial charge >= 0.3 is 5.97 Å². The quantitative estimate of drug-likeness (QED) is 0.593. The minimum absolute atomic E-state index is 0.0949. The summed E-state index contributed by atoms with van der Waals surface area (Å²) < 4.78 is 1.21. The van der Waals surface area contributed by atoms with Crippen LogP contribution in [0.4, 0.5) is 0 Å². The normalized spacial score (nSPS) is 13.0. The monoisotopic (exact) mass is 424 g/mol. The molecule has 0 fully saturated rings. The Morgan fingerprint density at radius 3 is 2.20 bits per heavy atom. The van der Waals surface area contributed by atoms with E-state index in [-0.39, 0.29) is 21.6 Å². The van der Waals surface area contributed by atoms with Crippen LogP contribution in [-0.4, -0.2) is 37.6 Å². The summed E-state index contributed by atoms with van der Waals surface area (Å²) in [5, 5.41) is 4.93. The number of aryl methyl sites for hydroxylation is 3. The van der Waals surface area contributed by atoms with Crippen LogP contribution in [0.1, 0.15) is 47.3 Å².